The molecule has 24 heavy (non-hydrogen) atoms. The van der Waals surface area contributed by atoms with Gasteiger partial charge in [-0.1, -0.05) is 11.8 Å². The molecule has 2 aromatic heterocycles. The molecule has 1 amide bonds. The molecule has 0 aromatic carbocycles. The number of amides is 1. The van der Waals surface area contributed by atoms with Gasteiger partial charge in [-0.05, 0) is 31.9 Å². The highest BCUT2D eigenvalue weighted by Crippen LogP contribution is 2.26. The first-order valence-electron chi connectivity index (χ1n) is 7.20. The Hall–Kier alpha value is -2.60. The van der Waals surface area contributed by atoms with Crippen molar-refractivity contribution >= 4 is 23.6 Å². The monoisotopic (exact) mass is 347 g/mol. The van der Waals surface area contributed by atoms with Gasteiger partial charge in [0.15, 0.2) is 0 Å². The van der Waals surface area contributed by atoms with Crippen LogP contribution in [0.2, 0.25) is 0 Å². The van der Waals surface area contributed by atoms with Crippen LogP contribution in [0.3, 0.4) is 0 Å². The smallest absolute Gasteiger partial charge is 0.288 e. The molecular formula is C15H19N6O2S+. The molecule has 2 aromatic rings. The zero-order valence-electron chi connectivity index (χ0n) is 14.2. The Morgan fingerprint density at radius 1 is 1.42 bits per heavy atom. The zero-order valence-corrected chi connectivity index (χ0v) is 15.1. The van der Waals surface area contributed by atoms with Gasteiger partial charge in [-0.15, -0.1) is 0 Å². The molecule has 0 saturated carbocycles. The molecule has 1 N–H and O–H groups in total. The van der Waals surface area contributed by atoms with Crippen LogP contribution in [0.4, 0.5) is 5.88 Å². The van der Waals surface area contributed by atoms with Crippen molar-refractivity contribution in [1.29, 1.82) is 5.26 Å². The molecule has 0 bridgehead atoms. The fourth-order valence-corrected chi connectivity index (χ4v) is 2.82. The summed E-state index contributed by atoms with van der Waals surface area (Å²) in [6.07, 6.45) is 1.56. The van der Waals surface area contributed by atoms with Crippen LogP contribution in [0.5, 0.6) is 0 Å². The average molecular weight is 347 g/mol. The van der Waals surface area contributed by atoms with E-state index in [1.54, 1.807) is 25.3 Å². The number of aromatic nitrogens is 3. The van der Waals surface area contributed by atoms with Gasteiger partial charge in [0.05, 0.1) is 30.2 Å². The van der Waals surface area contributed by atoms with E-state index < -0.39 is 0 Å². The average Bonchev–Trinajstić information content (AvgIpc) is 2.99. The van der Waals surface area contributed by atoms with Crippen LogP contribution in [0.25, 0.3) is 0 Å². The van der Waals surface area contributed by atoms with Crippen LogP contribution in [0.1, 0.15) is 22.4 Å². The Morgan fingerprint density at radius 3 is 2.71 bits per heavy atom. The number of thioether (sulfide) groups is 1. The highest BCUT2D eigenvalue weighted by molar-refractivity contribution is 8.00. The fraction of sp³-hybridized carbons (Fsp3) is 0.400. The minimum absolute atomic E-state index is 0.117. The van der Waals surface area contributed by atoms with Gasteiger partial charge < -0.3 is 0 Å². The zero-order chi connectivity index (χ0) is 17.9. The van der Waals surface area contributed by atoms with E-state index in [-0.39, 0.29) is 17.5 Å². The van der Waals surface area contributed by atoms with E-state index in [2.05, 4.69) is 21.6 Å². The van der Waals surface area contributed by atoms with E-state index in [0.717, 1.165) is 16.8 Å². The number of nitrogens with zero attached hydrogens (tertiary/aromatic N) is 5. The van der Waals surface area contributed by atoms with Gasteiger partial charge >= 0.3 is 5.88 Å². The number of carbonyl (C=O) groups is 1. The van der Waals surface area contributed by atoms with E-state index in [1.165, 1.54) is 16.6 Å². The van der Waals surface area contributed by atoms with E-state index in [0.29, 0.717) is 10.6 Å². The third kappa shape index (κ3) is 3.83. The summed E-state index contributed by atoms with van der Waals surface area (Å²) >= 11 is 1.22. The van der Waals surface area contributed by atoms with Gasteiger partial charge in [0, 0.05) is 5.69 Å². The van der Waals surface area contributed by atoms with Crippen molar-refractivity contribution in [3.63, 3.8) is 0 Å². The number of nitrogens with one attached hydrogen (secondary N) is 1. The molecular weight excluding hydrogens is 328 g/mol. The van der Waals surface area contributed by atoms with Crippen molar-refractivity contribution in [2.75, 3.05) is 30.2 Å². The standard InChI is InChI=1S/C15H18N6O2S/c1-9-10(2)12(6-16)15(17-11(9)3)24-8-13(22)18-14-7-21(19-23-14)20(4)5/h7H,8H2,1-5H3/p+1. The summed E-state index contributed by atoms with van der Waals surface area (Å²) in [6, 6.07) is 2.17. The summed E-state index contributed by atoms with van der Waals surface area (Å²) in [5, 5.41) is 17.9. The normalized spacial score (nSPS) is 10.3. The minimum atomic E-state index is -0.261. The Kier molecular flexibility index (Phi) is 5.41. The van der Waals surface area contributed by atoms with Crippen molar-refractivity contribution in [2.24, 2.45) is 0 Å². The predicted molar refractivity (Wildman–Crippen MR) is 89.3 cm³/mol. The lowest BCUT2D eigenvalue weighted by atomic mass is 10.1. The van der Waals surface area contributed by atoms with Gasteiger partial charge in [-0.25, -0.2) is 4.98 Å². The number of rotatable bonds is 5. The van der Waals surface area contributed by atoms with Crippen LogP contribution < -0.4 is 15.1 Å². The molecule has 0 saturated heterocycles. The first-order chi connectivity index (χ1) is 11.3. The summed E-state index contributed by atoms with van der Waals surface area (Å²) < 4.78 is 5.01. The van der Waals surface area contributed by atoms with Crippen LogP contribution in [0.15, 0.2) is 15.7 Å². The summed E-state index contributed by atoms with van der Waals surface area (Å²) in [7, 11) is 3.59. The summed E-state index contributed by atoms with van der Waals surface area (Å²) in [5.41, 5.74) is 3.27. The third-order valence-electron chi connectivity index (χ3n) is 3.54. The van der Waals surface area contributed by atoms with E-state index in [1.807, 2.05) is 20.8 Å². The van der Waals surface area contributed by atoms with Gasteiger partial charge in [0.25, 0.3) is 6.20 Å². The van der Waals surface area contributed by atoms with Crippen molar-refractivity contribution in [3.8, 4) is 6.07 Å². The Bertz CT molecular complexity index is 809. The van der Waals surface area contributed by atoms with Gasteiger partial charge in [0.2, 0.25) is 11.2 Å². The number of carbonyl (C=O) groups excluding carboxylic acids is 1. The lowest BCUT2D eigenvalue weighted by molar-refractivity contribution is -0.753. The molecule has 8 nitrogen and oxygen atoms in total. The fourth-order valence-electron chi connectivity index (χ4n) is 1.94. The largest absolute Gasteiger partial charge is 0.305 e. The van der Waals surface area contributed by atoms with Crippen LogP contribution in [-0.2, 0) is 4.79 Å². The molecule has 126 valence electrons. The van der Waals surface area contributed by atoms with Crippen molar-refractivity contribution in [2.45, 2.75) is 25.8 Å². The summed E-state index contributed by atoms with van der Waals surface area (Å²) in [4.78, 5) is 17.9. The topological polar surface area (TPSA) is 98.9 Å². The quantitative estimate of drug-likeness (QED) is 0.638. The Balaban J connectivity index is 2.05. The lowest BCUT2D eigenvalue weighted by Gasteiger charge is -2.10. The third-order valence-corrected chi connectivity index (χ3v) is 4.52. The number of aryl methyl sites for hydroxylation is 1. The molecule has 0 aliphatic carbocycles. The number of hydrogen-bond donors (Lipinski definition) is 1. The molecule has 0 radical (unpaired) electrons. The van der Waals surface area contributed by atoms with Crippen molar-refractivity contribution in [1.82, 2.24) is 10.3 Å². The highest BCUT2D eigenvalue weighted by atomic mass is 32.2. The first kappa shape index (κ1) is 17.7. The maximum Gasteiger partial charge on any atom is 0.305 e. The Labute approximate surface area is 144 Å². The first-order valence-corrected chi connectivity index (χ1v) is 8.18. The molecule has 0 spiro atoms. The van der Waals surface area contributed by atoms with Gasteiger partial charge in [-0.2, -0.15) is 10.3 Å². The second-order valence-electron chi connectivity index (χ2n) is 5.41. The second-order valence-corrected chi connectivity index (χ2v) is 6.37. The summed E-state index contributed by atoms with van der Waals surface area (Å²) in [6.45, 7) is 5.72. The maximum absolute atomic E-state index is 12.0. The number of anilines is 1. The minimum Gasteiger partial charge on any atom is -0.288 e. The molecule has 0 fully saturated rings. The lowest BCUT2D eigenvalue weighted by Crippen LogP contribution is -2.53. The van der Waals surface area contributed by atoms with Crippen LogP contribution >= 0.6 is 11.8 Å². The molecule has 0 unspecified atom stereocenters. The Morgan fingerprint density at radius 2 is 2.12 bits per heavy atom. The highest BCUT2D eigenvalue weighted by Gasteiger charge is 2.18. The predicted octanol–water partition coefficient (Wildman–Crippen LogP) is 1.08. The summed E-state index contributed by atoms with van der Waals surface area (Å²) in [5.74, 6) is 0.106. The maximum atomic E-state index is 12.0. The molecule has 2 rings (SSSR count). The van der Waals surface area contributed by atoms with E-state index >= 15 is 0 Å². The van der Waals surface area contributed by atoms with E-state index in [4.69, 9.17) is 4.52 Å². The van der Waals surface area contributed by atoms with E-state index in [9.17, 15) is 10.1 Å². The van der Waals surface area contributed by atoms with Crippen LogP contribution in [0, 0.1) is 32.1 Å². The molecule has 2 heterocycles. The number of nitriles is 1. The SMILES string of the molecule is Cc1nc(SCC(=O)Nc2c[n+](N(C)C)no2)c(C#N)c(C)c1C. The molecule has 0 aliphatic rings. The molecule has 0 atom stereocenters. The van der Waals surface area contributed by atoms with Gasteiger partial charge in [-0.3, -0.25) is 14.6 Å². The molecule has 0 aliphatic heterocycles. The van der Waals surface area contributed by atoms with Crippen molar-refractivity contribution < 1.29 is 14.1 Å². The molecule has 9 heteroatoms. The number of hydrogen-bond acceptors (Lipinski definition) is 7. The number of pyridine rings is 1. The second kappa shape index (κ2) is 7.31. The van der Waals surface area contributed by atoms with Gasteiger partial charge in [0.1, 0.15) is 11.1 Å². The van der Waals surface area contributed by atoms with Crippen LogP contribution in [-0.4, -0.2) is 36.0 Å². The van der Waals surface area contributed by atoms with Crippen molar-refractivity contribution in [3.05, 3.63) is 28.6 Å².